The zero-order valence-corrected chi connectivity index (χ0v) is 13.7. The van der Waals surface area contributed by atoms with E-state index >= 15 is 0 Å². The van der Waals surface area contributed by atoms with E-state index in [1.807, 2.05) is 20.0 Å². The number of aromatic nitrogens is 2. The molecule has 0 radical (unpaired) electrons. The number of benzene rings is 1. The standard InChI is InChI=1S/C16H17N3S2/c1-11-10-20-14(18-11)8-15-19-16(13(21-15)9-17-2)12-6-4-3-5-7-12/h3-7,10,17H,8-9H2,1-2H3. The largest absolute Gasteiger partial charge is 0.315 e. The maximum absolute atomic E-state index is 4.85. The molecule has 0 saturated carbocycles. The predicted octanol–water partition coefficient (Wildman–Crippen LogP) is 3.89. The average Bonchev–Trinajstić information content (AvgIpc) is 3.07. The minimum absolute atomic E-state index is 0.826. The Morgan fingerprint density at radius 3 is 2.57 bits per heavy atom. The number of nitrogens with one attached hydrogen (secondary N) is 1. The molecule has 0 unspecified atom stereocenters. The van der Waals surface area contributed by atoms with Gasteiger partial charge in [-0.3, -0.25) is 0 Å². The summed E-state index contributed by atoms with van der Waals surface area (Å²) >= 11 is 3.48. The van der Waals surface area contributed by atoms with Gasteiger partial charge in [0, 0.05) is 28.1 Å². The van der Waals surface area contributed by atoms with Crippen molar-refractivity contribution in [3.8, 4) is 11.3 Å². The zero-order valence-electron chi connectivity index (χ0n) is 12.1. The van der Waals surface area contributed by atoms with E-state index in [1.165, 1.54) is 10.4 Å². The first-order valence-corrected chi connectivity index (χ1v) is 8.55. The van der Waals surface area contributed by atoms with E-state index in [0.717, 1.165) is 34.4 Å². The van der Waals surface area contributed by atoms with Crippen LogP contribution in [0.4, 0.5) is 0 Å². The maximum atomic E-state index is 4.85. The maximum Gasteiger partial charge on any atom is 0.100 e. The number of nitrogens with zero attached hydrogens (tertiary/aromatic N) is 2. The average molecular weight is 315 g/mol. The van der Waals surface area contributed by atoms with Crippen LogP contribution in [0.25, 0.3) is 11.3 Å². The van der Waals surface area contributed by atoms with Crippen LogP contribution in [0.3, 0.4) is 0 Å². The smallest absolute Gasteiger partial charge is 0.100 e. The molecule has 21 heavy (non-hydrogen) atoms. The SMILES string of the molecule is CNCc1sc(Cc2nc(C)cs2)nc1-c1ccccc1. The predicted molar refractivity (Wildman–Crippen MR) is 90.0 cm³/mol. The summed E-state index contributed by atoms with van der Waals surface area (Å²) in [6, 6.07) is 10.4. The van der Waals surface area contributed by atoms with E-state index in [9.17, 15) is 0 Å². The lowest BCUT2D eigenvalue weighted by Crippen LogP contribution is -2.04. The molecule has 0 fully saturated rings. The van der Waals surface area contributed by atoms with Crippen LogP contribution in [-0.2, 0) is 13.0 Å². The normalized spacial score (nSPS) is 11.0. The van der Waals surface area contributed by atoms with Gasteiger partial charge in [-0.25, -0.2) is 9.97 Å². The molecule has 0 aliphatic carbocycles. The Morgan fingerprint density at radius 2 is 1.90 bits per heavy atom. The molecule has 0 amide bonds. The monoisotopic (exact) mass is 315 g/mol. The summed E-state index contributed by atoms with van der Waals surface area (Å²) < 4.78 is 0. The summed E-state index contributed by atoms with van der Waals surface area (Å²) in [5.41, 5.74) is 3.36. The Bertz CT molecular complexity index is 716. The number of hydrogen-bond donors (Lipinski definition) is 1. The molecule has 5 heteroatoms. The number of rotatable bonds is 5. The third-order valence-electron chi connectivity index (χ3n) is 3.10. The fourth-order valence-electron chi connectivity index (χ4n) is 2.19. The molecule has 3 rings (SSSR count). The Balaban J connectivity index is 1.92. The fraction of sp³-hybridized carbons (Fsp3) is 0.250. The van der Waals surface area contributed by atoms with Crippen molar-refractivity contribution in [2.24, 2.45) is 0 Å². The van der Waals surface area contributed by atoms with Gasteiger partial charge in [-0.1, -0.05) is 30.3 Å². The Labute approximate surface area is 132 Å². The highest BCUT2D eigenvalue weighted by Crippen LogP contribution is 2.29. The van der Waals surface area contributed by atoms with E-state index in [0.29, 0.717) is 0 Å². The molecule has 3 nitrogen and oxygen atoms in total. The Morgan fingerprint density at radius 1 is 1.10 bits per heavy atom. The van der Waals surface area contributed by atoms with Gasteiger partial charge in [0.05, 0.1) is 17.1 Å². The quantitative estimate of drug-likeness (QED) is 0.776. The lowest BCUT2D eigenvalue weighted by molar-refractivity contribution is 0.830. The minimum Gasteiger partial charge on any atom is -0.315 e. The van der Waals surface area contributed by atoms with Gasteiger partial charge in [0.1, 0.15) is 5.01 Å². The van der Waals surface area contributed by atoms with Crippen LogP contribution in [0, 0.1) is 6.92 Å². The topological polar surface area (TPSA) is 37.8 Å². The molecule has 0 spiro atoms. The molecule has 108 valence electrons. The summed E-state index contributed by atoms with van der Waals surface area (Å²) in [5.74, 6) is 0. The van der Waals surface area contributed by atoms with E-state index < -0.39 is 0 Å². The summed E-state index contributed by atoms with van der Waals surface area (Å²) in [4.78, 5) is 10.7. The van der Waals surface area contributed by atoms with E-state index in [4.69, 9.17) is 4.98 Å². The van der Waals surface area contributed by atoms with Crippen LogP contribution in [-0.4, -0.2) is 17.0 Å². The first-order valence-electron chi connectivity index (χ1n) is 6.86. The second-order valence-corrected chi connectivity index (χ2v) is 6.95. The molecule has 0 aliphatic heterocycles. The van der Waals surface area contributed by atoms with Crippen molar-refractivity contribution < 1.29 is 0 Å². The van der Waals surface area contributed by atoms with Gasteiger partial charge in [0.15, 0.2) is 0 Å². The molecule has 1 N–H and O–H groups in total. The molecule has 2 aromatic heterocycles. The van der Waals surface area contributed by atoms with Gasteiger partial charge in [-0.05, 0) is 14.0 Å². The summed E-state index contributed by atoms with van der Waals surface area (Å²) in [6.07, 6.45) is 0.826. The highest BCUT2D eigenvalue weighted by Gasteiger charge is 2.13. The lowest BCUT2D eigenvalue weighted by Gasteiger charge is -2.00. The third-order valence-corrected chi connectivity index (χ3v) is 5.12. The molecule has 1 aromatic carbocycles. The molecule has 0 bridgehead atoms. The molecule has 0 aliphatic rings. The van der Waals surface area contributed by atoms with Crippen molar-refractivity contribution in [1.29, 1.82) is 0 Å². The molecule has 0 saturated heterocycles. The Hall–Kier alpha value is -1.56. The van der Waals surface area contributed by atoms with Gasteiger partial charge in [0.25, 0.3) is 0 Å². The van der Waals surface area contributed by atoms with Crippen LogP contribution in [0.1, 0.15) is 20.6 Å². The van der Waals surface area contributed by atoms with Gasteiger partial charge < -0.3 is 5.32 Å². The van der Waals surface area contributed by atoms with Crippen molar-refractivity contribution in [2.75, 3.05) is 7.05 Å². The molecular formula is C16H17N3S2. The minimum atomic E-state index is 0.826. The van der Waals surface area contributed by atoms with Crippen LogP contribution >= 0.6 is 22.7 Å². The fourth-order valence-corrected chi connectivity index (χ4v) is 4.17. The number of hydrogen-bond acceptors (Lipinski definition) is 5. The van der Waals surface area contributed by atoms with Crippen LogP contribution < -0.4 is 5.32 Å². The lowest BCUT2D eigenvalue weighted by atomic mass is 10.1. The Kier molecular flexibility index (Phi) is 4.43. The molecule has 2 heterocycles. The summed E-state index contributed by atoms with van der Waals surface area (Å²) in [7, 11) is 1.97. The van der Waals surface area contributed by atoms with Gasteiger partial charge in [-0.2, -0.15) is 0 Å². The second kappa shape index (κ2) is 6.47. The van der Waals surface area contributed by atoms with Gasteiger partial charge in [-0.15, -0.1) is 22.7 Å². The van der Waals surface area contributed by atoms with Crippen LogP contribution in [0.2, 0.25) is 0 Å². The summed E-state index contributed by atoms with van der Waals surface area (Å²) in [5, 5.41) is 7.59. The molecule has 0 atom stereocenters. The first-order chi connectivity index (χ1) is 10.3. The van der Waals surface area contributed by atoms with Crippen molar-refractivity contribution >= 4 is 22.7 Å². The van der Waals surface area contributed by atoms with Crippen molar-refractivity contribution in [1.82, 2.24) is 15.3 Å². The summed E-state index contributed by atoms with van der Waals surface area (Å²) in [6.45, 7) is 2.88. The van der Waals surface area contributed by atoms with Crippen molar-refractivity contribution in [3.05, 3.63) is 56.3 Å². The van der Waals surface area contributed by atoms with Crippen LogP contribution in [0.15, 0.2) is 35.7 Å². The van der Waals surface area contributed by atoms with Gasteiger partial charge >= 0.3 is 0 Å². The highest BCUT2D eigenvalue weighted by atomic mass is 32.1. The van der Waals surface area contributed by atoms with Crippen LogP contribution in [0.5, 0.6) is 0 Å². The van der Waals surface area contributed by atoms with E-state index in [2.05, 4.69) is 39.9 Å². The zero-order chi connectivity index (χ0) is 14.7. The number of aryl methyl sites for hydroxylation is 1. The molecule has 3 aromatic rings. The van der Waals surface area contributed by atoms with E-state index in [1.54, 1.807) is 22.7 Å². The third kappa shape index (κ3) is 3.37. The van der Waals surface area contributed by atoms with Crippen molar-refractivity contribution in [2.45, 2.75) is 19.9 Å². The van der Waals surface area contributed by atoms with E-state index in [-0.39, 0.29) is 0 Å². The molecular weight excluding hydrogens is 298 g/mol. The first kappa shape index (κ1) is 14.4. The van der Waals surface area contributed by atoms with Gasteiger partial charge in [0.2, 0.25) is 0 Å². The number of thiazole rings is 2. The highest BCUT2D eigenvalue weighted by molar-refractivity contribution is 7.12. The second-order valence-electron chi connectivity index (χ2n) is 4.84. The van der Waals surface area contributed by atoms with Crippen molar-refractivity contribution in [3.63, 3.8) is 0 Å².